The van der Waals surface area contributed by atoms with Gasteiger partial charge in [0.25, 0.3) is 0 Å². The van der Waals surface area contributed by atoms with Crippen molar-refractivity contribution in [2.45, 2.75) is 0 Å². The molecule has 4 nitrogen and oxygen atoms in total. The van der Waals surface area contributed by atoms with E-state index >= 15 is 0 Å². The van der Waals surface area contributed by atoms with Crippen LogP contribution in [0, 0.1) is 15.3 Å². The molecule has 0 unspecified atom stereocenters. The zero-order chi connectivity index (χ0) is 3.58. The van der Waals surface area contributed by atoms with Crippen molar-refractivity contribution >= 4 is 10.1 Å². The largest absolute Gasteiger partial charge is 2.00 e. The van der Waals surface area contributed by atoms with E-state index in [4.69, 9.17) is 15.3 Å². The molecule has 0 aromatic heterocycles. The van der Waals surface area contributed by atoms with Gasteiger partial charge in [0.2, 0.25) is 0 Å². The third-order valence-electron chi connectivity index (χ3n) is 0. The van der Waals surface area contributed by atoms with Crippen molar-refractivity contribution in [3.05, 3.63) is 15.3 Å². The van der Waals surface area contributed by atoms with Gasteiger partial charge in [-0.3, -0.25) is 0 Å². The second-order valence-electron chi connectivity index (χ2n) is 0.224. The summed E-state index contributed by atoms with van der Waals surface area (Å²) in [5, 5.41) is 14.8. The summed E-state index contributed by atoms with van der Waals surface area (Å²) < 4.78 is 0. The zero-order valence-corrected chi connectivity index (χ0v) is 2.38. The predicted octanol–water partition coefficient (Wildman–Crippen LogP) is -0.620. The van der Waals surface area contributed by atoms with Crippen molar-refractivity contribution in [3.8, 4) is 0 Å². The number of hydrogen-bond donors (Lipinski definition) is 0. The predicted molar refractivity (Wildman–Crippen MR) is 16.1 cm³/mol. The number of nitrogens with zero attached hydrogens (tertiary/aromatic N) is 1. The van der Waals surface area contributed by atoms with E-state index in [1.165, 1.54) is 0 Å². The van der Waals surface area contributed by atoms with Crippen molar-refractivity contribution < 1.29 is 5.09 Å². The van der Waals surface area contributed by atoms with Gasteiger partial charge in [0.1, 0.15) is 0 Å². The van der Waals surface area contributed by atoms with Gasteiger partial charge < -0.3 is 15.3 Å². The maximum Gasteiger partial charge on any atom is 2.00 e. The Morgan fingerprint density at radius 2 is 1.40 bits per heavy atom. The molecule has 0 spiro atoms. The van der Waals surface area contributed by atoms with Crippen LogP contribution in [0.4, 0.5) is 0 Å². The molecule has 0 aliphatic carbocycles. The summed E-state index contributed by atoms with van der Waals surface area (Å²) in [6.07, 6.45) is 0. The van der Waals surface area contributed by atoms with Gasteiger partial charge in [-0.1, -0.05) is 0 Å². The van der Waals surface area contributed by atoms with Crippen LogP contribution in [-0.4, -0.2) is 15.2 Å². The molecule has 0 aromatic carbocycles. The molecule has 0 heterocycles. The first-order valence-corrected chi connectivity index (χ1v) is 0.548. The Hall–Kier alpha value is -0.631. The van der Waals surface area contributed by atoms with Crippen LogP contribution in [0.1, 0.15) is 0 Å². The fraction of sp³-hybridized carbons (Fsp3) is 0. The molecule has 0 amide bonds. The molecule has 0 rings (SSSR count). The fourth-order valence-electron chi connectivity index (χ4n) is 0. The standard InChI is InChI=1S/Be.NO3/c;2-1(3)4/q+2;-1. The topological polar surface area (TPSA) is 66.2 Å². The molecule has 0 saturated heterocycles. The summed E-state index contributed by atoms with van der Waals surface area (Å²) in [4.78, 5) is 8.25. The molecule has 0 N–H and O–H groups in total. The molecule has 0 saturated carbocycles. The van der Waals surface area contributed by atoms with Gasteiger partial charge in [-0.2, -0.15) is 0 Å². The van der Waals surface area contributed by atoms with Crippen LogP contribution in [0.2, 0.25) is 0 Å². The fourth-order valence-corrected chi connectivity index (χ4v) is 0. The monoisotopic (exact) mass is 71.0 g/mol. The molecule has 0 atom stereocenters. The van der Waals surface area contributed by atoms with Crippen LogP contribution in [0.25, 0.3) is 0 Å². The SMILES string of the molecule is O=[N+]([O-])[O-].[Be+2]. The summed E-state index contributed by atoms with van der Waals surface area (Å²) >= 11 is 0. The van der Waals surface area contributed by atoms with E-state index in [-0.39, 0.29) is 10.1 Å². The van der Waals surface area contributed by atoms with E-state index in [1.807, 2.05) is 0 Å². The van der Waals surface area contributed by atoms with E-state index in [9.17, 15) is 0 Å². The summed E-state index contributed by atoms with van der Waals surface area (Å²) in [5.74, 6) is 0. The van der Waals surface area contributed by atoms with Gasteiger partial charge in [-0.05, 0) is 0 Å². The smallest absolute Gasteiger partial charge is 0.356 e. The van der Waals surface area contributed by atoms with Crippen LogP contribution in [-0.2, 0) is 0 Å². The first-order valence-electron chi connectivity index (χ1n) is 0.548. The van der Waals surface area contributed by atoms with Gasteiger partial charge in [-0.25, -0.2) is 0 Å². The van der Waals surface area contributed by atoms with Crippen LogP contribution >= 0.6 is 0 Å². The van der Waals surface area contributed by atoms with Crippen LogP contribution in [0.3, 0.4) is 0 Å². The van der Waals surface area contributed by atoms with Gasteiger partial charge >= 0.3 is 10.1 Å². The minimum absolute atomic E-state index is 0. The Morgan fingerprint density at radius 1 is 1.40 bits per heavy atom. The summed E-state index contributed by atoms with van der Waals surface area (Å²) in [7, 11) is 0. The van der Waals surface area contributed by atoms with Gasteiger partial charge in [-0.15, -0.1) is 0 Å². The van der Waals surface area contributed by atoms with E-state index in [1.54, 1.807) is 0 Å². The first kappa shape index (κ1) is 8.84. The van der Waals surface area contributed by atoms with Crippen molar-refractivity contribution in [1.82, 2.24) is 0 Å². The van der Waals surface area contributed by atoms with Crippen LogP contribution in [0.15, 0.2) is 0 Å². The molecule has 24 valence electrons. The van der Waals surface area contributed by atoms with Crippen molar-refractivity contribution in [2.75, 3.05) is 0 Å². The second kappa shape index (κ2) is 3.37. The quantitative estimate of drug-likeness (QED) is 0.217. The van der Waals surface area contributed by atoms with Crippen molar-refractivity contribution in [3.63, 3.8) is 0 Å². The Labute approximate surface area is 31.7 Å². The van der Waals surface area contributed by atoms with E-state index < -0.39 is 5.09 Å². The minimum atomic E-state index is -1.75. The van der Waals surface area contributed by atoms with Crippen LogP contribution < -0.4 is 0 Å². The molecular formula is BeNO3+. The Morgan fingerprint density at radius 3 is 1.40 bits per heavy atom. The normalized spacial score (nSPS) is 4.80. The van der Waals surface area contributed by atoms with E-state index in [0.29, 0.717) is 0 Å². The molecule has 5 heavy (non-hydrogen) atoms. The molecule has 5 heteroatoms. The molecule has 0 aliphatic rings. The number of hydrogen-bond acceptors (Lipinski definition) is 3. The minimum Gasteiger partial charge on any atom is -0.356 e. The summed E-state index contributed by atoms with van der Waals surface area (Å²) in [5.41, 5.74) is 0. The van der Waals surface area contributed by atoms with Gasteiger partial charge in [0, 0.05) is 0 Å². The molecule has 0 radical (unpaired) electrons. The number of rotatable bonds is 0. The van der Waals surface area contributed by atoms with Crippen molar-refractivity contribution in [2.24, 2.45) is 0 Å². The van der Waals surface area contributed by atoms with Gasteiger partial charge in [0.15, 0.2) is 0 Å². The second-order valence-corrected chi connectivity index (χ2v) is 0.224. The first-order chi connectivity index (χ1) is 1.73. The van der Waals surface area contributed by atoms with Crippen LogP contribution in [0.5, 0.6) is 0 Å². The summed E-state index contributed by atoms with van der Waals surface area (Å²) in [6, 6.07) is 0. The third-order valence-corrected chi connectivity index (χ3v) is 0. The molecule has 0 aliphatic heterocycles. The maximum atomic E-state index is 8.25. The molecular weight excluding hydrogens is 71.0 g/mol. The molecule has 0 fully saturated rings. The molecule has 0 aromatic rings. The Kier molecular flexibility index (Phi) is 5.95. The zero-order valence-electron chi connectivity index (χ0n) is 2.38. The maximum absolute atomic E-state index is 8.25. The average Bonchev–Trinajstić information content (AvgIpc) is 0.811. The van der Waals surface area contributed by atoms with Gasteiger partial charge in [0.05, 0.1) is 5.09 Å². The Bertz CT molecular complexity index is 29.9. The Balaban J connectivity index is 0. The molecule has 0 bridgehead atoms. The van der Waals surface area contributed by atoms with E-state index in [2.05, 4.69) is 0 Å². The van der Waals surface area contributed by atoms with E-state index in [0.717, 1.165) is 0 Å². The average molecular weight is 71.0 g/mol. The summed E-state index contributed by atoms with van der Waals surface area (Å²) in [6.45, 7) is 0. The third kappa shape index (κ3) is 15.8. The van der Waals surface area contributed by atoms with Crippen molar-refractivity contribution in [1.29, 1.82) is 0 Å².